The molecule has 0 aromatic carbocycles. The molecule has 0 saturated heterocycles. The molecule has 0 atom stereocenters. The molecule has 1 rings (SSSR count). The lowest BCUT2D eigenvalue weighted by Crippen LogP contribution is -1.81. The molecule has 0 radical (unpaired) electrons. The maximum Gasteiger partial charge on any atom is 0.130 e. The smallest absolute Gasteiger partial charge is 0.130 e. The Kier molecular flexibility index (Phi) is 4.65. The first-order chi connectivity index (χ1) is 6.24. The quantitative estimate of drug-likeness (QED) is 0.472. The van der Waals surface area contributed by atoms with E-state index >= 15 is 0 Å². The summed E-state index contributed by atoms with van der Waals surface area (Å²) in [5.41, 5.74) is 0.863. The molecule has 4 heteroatoms. The highest BCUT2D eigenvalue weighted by Crippen LogP contribution is 2.17. The first-order valence-corrected chi connectivity index (χ1v) is 5.45. The fourth-order valence-corrected chi connectivity index (χ4v) is 1.31. The van der Waals surface area contributed by atoms with Gasteiger partial charge in [-0.3, -0.25) is 0 Å². The minimum absolute atomic E-state index is 0.457. The number of hydrogen-bond donors (Lipinski definition) is 1. The van der Waals surface area contributed by atoms with Crippen molar-refractivity contribution in [2.45, 2.75) is 6.42 Å². The van der Waals surface area contributed by atoms with Crippen molar-refractivity contribution in [3.63, 3.8) is 0 Å². The van der Waals surface area contributed by atoms with Crippen LogP contribution in [0.1, 0.15) is 12.0 Å². The highest BCUT2D eigenvalue weighted by Gasteiger charge is 1.97. The van der Waals surface area contributed by atoms with Gasteiger partial charge < -0.3 is 0 Å². The molecule has 0 saturated carbocycles. The van der Waals surface area contributed by atoms with E-state index in [0.29, 0.717) is 5.15 Å². The molecule has 0 unspecified atom stereocenters. The summed E-state index contributed by atoms with van der Waals surface area (Å²) >= 11 is 13.1. The predicted octanol–water partition coefficient (Wildman–Crippen LogP) is 3.17. The van der Waals surface area contributed by atoms with Gasteiger partial charge in [-0.2, -0.15) is 12.6 Å². The number of thiol groups is 1. The number of nitrogens with zero attached hydrogens (tertiary/aromatic N) is 1. The molecule has 0 fully saturated rings. The lowest BCUT2D eigenvalue weighted by Gasteiger charge is -1.94. The molecule has 1 aromatic rings. The summed E-state index contributed by atoms with van der Waals surface area (Å²) in [6.45, 7) is 0. The highest BCUT2D eigenvalue weighted by molar-refractivity contribution is 9.10. The third kappa shape index (κ3) is 3.60. The number of pyridine rings is 1. The zero-order chi connectivity index (χ0) is 9.68. The van der Waals surface area contributed by atoms with E-state index in [-0.39, 0.29) is 0 Å². The van der Waals surface area contributed by atoms with Gasteiger partial charge in [-0.1, -0.05) is 23.4 Å². The van der Waals surface area contributed by atoms with Crippen LogP contribution in [0.2, 0.25) is 5.15 Å². The summed E-state index contributed by atoms with van der Waals surface area (Å²) in [7, 11) is 0. The van der Waals surface area contributed by atoms with Gasteiger partial charge in [-0.05, 0) is 22.0 Å². The average Bonchev–Trinajstić information content (AvgIpc) is 2.11. The van der Waals surface area contributed by atoms with Crippen molar-refractivity contribution >= 4 is 40.2 Å². The van der Waals surface area contributed by atoms with Crippen LogP contribution in [0.15, 0.2) is 16.7 Å². The number of halogens is 2. The Balaban J connectivity index is 2.89. The van der Waals surface area contributed by atoms with Gasteiger partial charge in [-0.25, -0.2) is 4.98 Å². The molecular weight excluding hydrogens is 270 g/mol. The van der Waals surface area contributed by atoms with Crippen LogP contribution in [-0.2, 0) is 0 Å². The van der Waals surface area contributed by atoms with Crippen LogP contribution in [0.3, 0.4) is 0 Å². The molecule has 0 aliphatic heterocycles. The van der Waals surface area contributed by atoms with Gasteiger partial charge in [0.25, 0.3) is 0 Å². The second-order valence-corrected chi connectivity index (χ2v) is 3.95. The SMILES string of the molecule is SCCC#Cc1cc(Cl)ncc1Br. The molecule has 1 heterocycles. The zero-order valence-corrected chi connectivity index (χ0v) is 9.96. The minimum atomic E-state index is 0.457. The molecule has 13 heavy (non-hydrogen) atoms. The maximum absolute atomic E-state index is 5.71. The molecule has 0 aliphatic rings. The van der Waals surface area contributed by atoms with Crippen molar-refractivity contribution in [2.75, 3.05) is 5.75 Å². The first kappa shape index (κ1) is 10.9. The van der Waals surface area contributed by atoms with Crippen LogP contribution in [0.5, 0.6) is 0 Å². The monoisotopic (exact) mass is 275 g/mol. The Bertz CT molecular complexity index is 356. The Hall–Kier alpha value is -0.170. The predicted molar refractivity (Wildman–Crippen MR) is 62.3 cm³/mol. The van der Waals surface area contributed by atoms with Crippen LogP contribution < -0.4 is 0 Å². The Morgan fingerprint density at radius 2 is 2.38 bits per heavy atom. The van der Waals surface area contributed by atoms with Gasteiger partial charge in [0, 0.05) is 23.9 Å². The van der Waals surface area contributed by atoms with Crippen molar-refractivity contribution < 1.29 is 0 Å². The number of rotatable bonds is 1. The van der Waals surface area contributed by atoms with E-state index in [2.05, 4.69) is 45.4 Å². The van der Waals surface area contributed by atoms with E-state index < -0.39 is 0 Å². The van der Waals surface area contributed by atoms with Gasteiger partial charge in [0.2, 0.25) is 0 Å². The Morgan fingerprint density at radius 3 is 3.08 bits per heavy atom. The lowest BCUT2D eigenvalue weighted by molar-refractivity contribution is 1.29. The van der Waals surface area contributed by atoms with Crippen molar-refractivity contribution in [3.8, 4) is 11.8 Å². The second kappa shape index (κ2) is 5.54. The second-order valence-electron chi connectivity index (χ2n) is 2.26. The summed E-state index contributed by atoms with van der Waals surface area (Å²) in [4.78, 5) is 3.90. The summed E-state index contributed by atoms with van der Waals surface area (Å²) in [5.74, 6) is 6.73. The van der Waals surface area contributed by atoms with E-state index in [1.54, 1.807) is 12.3 Å². The van der Waals surface area contributed by atoms with E-state index in [1.165, 1.54) is 0 Å². The van der Waals surface area contributed by atoms with Crippen LogP contribution in [-0.4, -0.2) is 10.7 Å². The highest BCUT2D eigenvalue weighted by atomic mass is 79.9. The molecule has 0 aliphatic carbocycles. The van der Waals surface area contributed by atoms with Gasteiger partial charge in [0.15, 0.2) is 0 Å². The third-order valence-electron chi connectivity index (χ3n) is 1.28. The summed E-state index contributed by atoms with van der Waals surface area (Å²) in [5, 5.41) is 0.457. The van der Waals surface area contributed by atoms with Crippen molar-refractivity contribution in [3.05, 3.63) is 27.5 Å². The van der Waals surface area contributed by atoms with Gasteiger partial charge in [0.1, 0.15) is 5.15 Å². The molecule has 0 amide bonds. The van der Waals surface area contributed by atoms with Crippen LogP contribution in [0.25, 0.3) is 0 Å². The lowest BCUT2D eigenvalue weighted by atomic mass is 10.3. The standard InChI is InChI=1S/C9H7BrClNS/c10-8-6-12-9(11)5-7(8)3-1-2-4-13/h5-6,13H,2,4H2. The van der Waals surface area contributed by atoms with Crippen molar-refractivity contribution in [2.24, 2.45) is 0 Å². The van der Waals surface area contributed by atoms with Gasteiger partial charge in [0.05, 0.1) is 4.47 Å². The van der Waals surface area contributed by atoms with E-state index in [4.69, 9.17) is 11.6 Å². The average molecular weight is 277 g/mol. The number of hydrogen-bond acceptors (Lipinski definition) is 2. The van der Waals surface area contributed by atoms with Crippen LogP contribution in [0, 0.1) is 11.8 Å². The van der Waals surface area contributed by atoms with E-state index in [0.717, 1.165) is 22.2 Å². The van der Waals surface area contributed by atoms with Gasteiger partial charge >= 0.3 is 0 Å². The third-order valence-corrected chi connectivity index (χ3v) is 2.34. The largest absolute Gasteiger partial charge is 0.243 e. The van der Waals surface area contributed by atoms with Crippen molar-refractivity contribution in [1.29, 1.82) is 0 Å². The molecule has 0 N–H and O–H groups in total. The molecule has 0 spiro atoms. The number of aromatic nitrogens is 1. The van der Waals surface area contributed by atoms with Crippen LogP contribution >= 0.6 is 40.2 Å². The zero-order valence-electron chi connectivity index (χ0n) is 6.72. The maximum atomic E-state index is 5.71. The minimum Gasteiger partial charge on any atom is -0.243 e. The van der Waals surface area contributed by atoms with Crippen molar-refractivity contribution in [1.82, 2.24) is 4.98 Å². The van der Waals surface area contributed by atoms with E-state index in [1.807, 2.05) is 0 Å². The molecule has 68 valence electrons. The fourth-order valence-electron chi connectivity index (χ4n) is 0.723. The summed E-state index contributed by atoms with van der Waals surface area (Å²) in [6, 6.07) is 1.73. The fraction of sp³-hybridized carbons (Fsp3) is 0.222. The van der Waals surface area contributed by atoms with E-state index in [9.17, 15) is 0 Å². The topological polar surface area (TPSA) is 12.9 Å². The molecular formula is C9H7BrClNS. The first-order valence-electron chi connectivity index (χ1n) is 3.65. The molecule has 1 nitrogen and oxygen atoms in total. The van der Waals surface area contributed by atoms with Gasteiger partial charge in [-0.15, -0.1) is 0 Å². The van der Waals surface area contributed by atoms with Crippen LogP contribution in [0.4, 0.5) is 0 Å². The molecule has 0 bridgehead atoms. The Labute approximate surface area is 96.4 Å². The normalized spacial score (nSPS) is 9.15. The summed E-state index contributed by atoms with van der Waals surface area (Å²) < 4.78 is 0.864. The molecule has 1 aromatic heterocycles. The summed E-state index contributed by atoms with van der Waals surface area (Å²) in [6.07, 6.45) is 2.42. The Morgan fingerprint density at radius 1 is 1.62 bits per heavy atom.